The fourth-order valence-corrected chi connectivity index (χ4v) is 6.55. The van der Waals surface area contributed by atoms with Crippen molar-refractivity contribution in [3.05, 3.63) is 106 Å². The average molecular weight is 480 g/mol. The van der Waals surface area contributed by atoms with Gasteiger partial charge in [-0.15, -0.1) is 0 Å². The number of para-hydroxylation sites is 1. The Hall–Kier alpha value is -3.48. The monoisotopic (exact) mass is 479 g/mol. The van der Waals surface area contributed by atoms with E-state index in [0.29, 0.717) is 10.1 Å². The average Bonchev–Trinajstić information content (AvgIpc) is 3.36. The number of fused-ring (bicyclic) bond motifs is 2. The zero-order valence-electron chi connectivity index (χ0n) is 18.7. The SMILES string of the molecule is Cc1ccc(N2C(=O)/C(=C3/Sc4ccccc4N3C)SC2=Nc2cccc3ccccc23)cc1. The first-order valence-electron chi connectivity index (χ1n) is 11.0. The summed E-state index contributed by atoms with van der Waals surface area (Å²) < 4.78 is 0. The summed E-state index contributed by atoms with van der Waals surface area (Å²) in [7, 11) is 2.02. The van der Waals surface area contributed by atoms with Gasteiger partial charge in [-0.05, 0) is 54.4 Å². The van der Waals surface area contributed by atoms with E-state index < -0.39 is 0 Å². The number of thioether (sulfide) groups is 2. The molecule has 2 aliphatic rings. The Balaban J connectivity index is 1.50. The van der Waals surface area contributed by atoms with Crippen LogP contribution in [0.15, 0.2) is 111 Å². The second kappa shape index (κ2) is 8.38. The molecule has 34 heavy (non-hydrogen) atoms. The summed E-state index contributed by atoms with van der Waals surface area (Å²) in [6.07, 6.45) is 0. The number of carbonyl (C=O) groups excluding carboxylic acids is 1. The van der Waals surface area contributed by atoms with E-state index in [9.17, 15) is 4.79 Å². The van der Waals surface area contributed by atoms with Crippen LogP contribution in [0.3, 0.4) is 0 Å². The van der Waals surface area contributed by atoms with E-state index in [4.69, 9.17) is 4.99 Å². The minimum Gasteiger partial charge on any atom is -0.337 e. The number of carbonyl (C=O) groups is 1. The number of benzene rings is 4. The Kier molecular flexibility index (Phi) is 5.20. The Morgan fingerprint density at radius 3 is 2.35 bits per heavy atom. The van der Waals surface area contributed by atoms with Crippen molar-refractivity contribution in [2.75, 3.05) is 16.8 Å². The van der Waals surface area contributed by atoms with Gasteiger partial charge < -0.3 is 4.90 Å². The van der Waals surface area contributed by atoms with Crippen molar-refractivity contribution >= 4 is 62.4 Å². The molecule has 0 aliphatic carbocycles. The molecule has 2 aliphatic heterocycles. The summed E-state index contributed by atoms with van der Waals surface area (Å²) in [4.78, 5) is 24.6. The van der Waals surface area contributed by atoms with E-state index in [-0.39, 0.29) is 5.91 Å². The summed E-state index contributed by atoms with van der Waals surface area (Å²) in [5, 5.41) is 3.80. The van der Waals surface area contributed by atoms with Gasteiger partial charge in [-0.2, -0.15) is 0 Å². The topological polar surface area (TPSA) is 35.9 Å². The van der Waals surface area contributed by atoms with Crippen LogP contribution in [-0.4, -0.2) is 18.1 Å². The molecule has 0 radical (unpaired) electrons. The smallest absolute Gasteiger partial charge is 0.274 e. The van der Waals surface area contributed by atoms with Crippen molar-refractivity contribution in [1.29, 1.82) is 0 Å². The minimum atomic E-state index is -0.0463. The highest BCUT2D eigenvalue weighted by atomic mass is 32.2. The van der Waals surface area contributed by atoms with Crippen molar-refractivity contribution in [1.82, 2.24) is 0 Å². The Morgan fingerprint density at radius 2 is 1.53 bits per heavy atom. The van der Waals surface area contributed by atoms with Gasteiger partial charge in [-0.1, -0.05) is 78.0 Å². The number of aryl methyl sites for hydroxylation is 1. The molecule has 0 N–H and O–H groups in total. The zero-order chi connectivity index (χ0) is 23.2. The maximum atomic E-state index is 13.9. The lowest BCUT2D eigenvalue weighted by Crippen LogP contribution is -2.29. The van der Waals surface area contributed by atoms with Gasteiger partial charge in [0.2, 0.25) is 0 Å². The van der Waals surface area contributed by atoms with E-state index in [1.54, 1.807) is 16.7 Å². The molecule has 6 rings (SSSR count). The highest BCUT2D eigenvalue weighted by Crippen LogP contribution is 2.50. The third kappa shape index (κ3) is 3.50. The van der Waals surface area contributed by atoms with Gasteiger partial charge in [0.15, 0.2) is 5.17 Å². The highest BCUT2D eigenvalue weighted by molar-refractivity contribution is 8.20. The quantitative estimate of drug-likeness (QED) is 0.282. The van der Waals surface area contributed by atoms with Crippen LogP contribution >= 0.6 is 23.5 Å². The zero-order valence-corrected chi connectivity index (χ0v) is 20.4. The van der Waals surface area contributed by atoms with Crippen molar-refractivity contribution in [3.8, 4) is 0 Å². The molecule has 1 fully saturated rings. The number of aliphatic imine (C=N–C) groups is 1. The molecule has 0 atom stereocenters. The predicted molar refractivity (Wildman–Crippen MR) is 145 cm³/mol. The summed E-state index contributed by atoms with van der Waals surface area (Å²) in [6.45, 7) is 2.05. The third-order valence-electron chi connectivity index (χ3n) is 5.99. The lowest BCUT2D eigenvalue weighted by molar-refractivity contribution is -0.113. The summed E-state index contributed by atoms with van der Waals surface area (Å²) >= 11 is 3.08. The summed E-state index contributed by atoms with van der Waals surface area (Å²) in [6, 6.07) is 30.6. The van der Waals surface area contributed by atoms with Crippen LogP contribution in [0.5, 0.6) is 0 Å². The maximum Gasteiger partial charge on any atom is 0.274 e. The van der Waals surface area contributed by atoms with Gasteiger partial charge >= 0.3 is 0 Å². The van der Waals surface area contributed by atoms with Crippen LogP contribution in [0.2, 0.25) is 0 Å². The van der Waals surface area contributed by atoms with Crippen LogP contribution in [0.1, 0.15) is 5.56 Å². The number of nitrogens with zero attached hydrogens (tertiary/aromatic N) is 3. The van der Waals surface area contributed by atoms with Gasteiger partial charge in [-0.25, -0.2) is 4.99 Å². The van der Waals surface area contributed by atoms with Crippen molar-refractivity contribution in [3.63, 3.8) is 0 Å². The minimum absolute atomic E-state index is 0.0463. The fourth-order valence-electron chi connectivity index (χ4n) is 4.21. The van der Waals surface area contributed by atoms with Crippen molar-refractivity contribution in [2.24, 2.45) is 4.99 Å². The first-order valence-corrected chi connectivity index (χ1v) is 12.6. The maximum absolute atomic E-state index is 13.9. The van der Waals surface area contributed by atoms with Crippen molar-refractivity contribution in [2.45, 2.75) is 11.8 Å². The van der Waals surface area contributed by atoms with E-state index in [1.807, 2.05) is 74.6 Å². The molecule has 6 heteroatoms. The van der Waals surface area contributed by atoms with Gasteiger partial charge in [0.1, 0.15) is 4.91 Å². The van der Waals surface area contributed by atoms with Gasteiger partial charge in [0.05, 0.1) is 22.1 Å². The van der Waals surface area contributed by atoms with Gasteiger partial charge in [0, 0.05) is 17.3 Å². The molecule has 0 saturated carbocycles. The Morgan fingerprint density at radius 1 is 0.794 bits per heavy atom. The number of anilines is 2. The lowest BCUT2D eigenvalue weighted by Gasteiger charge is -2.17. The van der Waals surface area contributed by atoms with E-state index in [1.165, 1.54) is 11.8 Å². The number of amides is 1. The number of hydrogen-bond acceptors (Lipinski definition) is 5. The van der Waals surface area contributed by atoms with Crippen LogP contribution in [0.25, 0.3) is 10.8 Å². The van der Waals surface area contributed by atoms with E-state index in [0.717, 1.165) is 43.3 Å². The molecule has 2 heterocycles. The Bertz CT molecular complexity index is 1500. The molecule has 1 amide bonds. The molecule has 4 nitrogen and oxygen atoms in total. The molecule has 0 bridgehead atoms. The van der Waals surface area contributed by atoms with Crippen LogP contribution in [-0.2, 0) is 4.79 Å². The van der Waals surface area contributed by atoms with E-state index >= 15 is 0 Å². The second-order valence-corrected chi connectivity index (χ2v) is 10.2. The first-order chi connectivity index (χ1) is 16.6. The standard InChI is InChI=1S/C28H21N3OS2/c1-18-14-16-20(17-15-18)31-26(32)25(27-30(2)23-12-5-6-13-24(23)33-27)34-28(31)29-22-11-7-9-19-8-3-4-10-21(19)22/h3-17H,1-2H3/b27-25-,29-28?. The second-order valence-electron chi connectivity index (χ2n) is 8.23. The first kappa shape index (κ1) is 21.1. The molecule has 0 spiro atoms. The largest absolute Gasteiger partial charge is 0.337 e. The van der Waals surface area contributed by atoms with Gasteiger partial charge in [-0.3, -0.25) is 9.69 Å². The van der Waals surface area contributed by atoms with Gasteiger partial charge in [0.25, 0.3) is 5.91 Å². The molecule has 166 valence electrons. The summed E-state index contributed by atoms with van der Waals surface area (Å²) in [5.74, 6) is -0.0463. The molecule has 0 unspecified atom stereocenters. The summed E-state index contributed by atoms with van der Waals surface area (Å²) in [5.41, 5.74) is 3.94. The predicted octanol–water partition coefficient (Wildman–Crippen LogP) is 7.33. The third-order valence-corrected chi connectivity index (χ3v) is 8.38. The normalized spacial score (nSPS) is 18.9. The molecule has 0 aromatic heterocycles. The molecule has 1 saturated heterocycles. The number of hydrogen-bond donors (Lipinski definition) is 0. The lowest BCUT2D eigenvalue weighted by atomic mass is 10.1. The number of rotatable bonds is 2. The number of amidine groups is 1. The molecule has 4 aromatic carbocycles. The Labute approximate surface area is 207 Å². The fraction of sp³-hybridized carbons (Fsp3) is 0.0714. The van der Waals surface area contributed by atoms with Crippen molar-refractivity contribution < 1.29 is 4.79 Å². The van der Waals surface area contributed by atoms with E-state index in [2.05, 4.69) is 35.2 Å². The van der Waals surface area contributed by atoms with Crippen LogP contribution in [0, 0.1) is 6.92 Å². The highest BCUT2D eigenvalue weighted by Gasteiger charge is 2.40. The molecular weight excluding hydrogens is 458 g/mol. The molecular formula is C28H21N3OS2. The molecule has 4 aromatic rings. The van der Waals surface area contributed by atoms with Crippen LogP contribution < -0.4 is 9.80 Å². The van der Waals surface area contributed by atoms with Crippen LogP contribution in [0.4, 0.5) is 17.1 Å².